The van der Waals surface area contributed by atoms with Gasteiger partial charge in [-0.3, -0.25) is 4.79 Å². The molecule has 1 aromatic carbocycles. The van der Waals surface area contributed by atoms with E-state index >= 15 is 0 Å². The topological polar surface area (TPSA) is 43.1 Å². The lowest BCUT2D eigenvalue weighted by Crippen LogP contribution is -2.09. The van der Waals surface area contributed by atoms with Crippen molar-refractivity contribution >= 4 is 5.78 Å². The summed E-state index contributed by atoms with van der Waals surface area (Å²) in [5, 5.41) is 0. The van der Waals surface area contributed by atoms with Crippen LogP contribution < -0.4 is 5.73 Å². The molecule has 0 aliphatic heterocycles. The highest BCUT2D eigenvalue weighted by molar-refractivity contribution is 5.96. The normalized spacial score (nSPS) is 15.6. The Hall–Kier alpha value is -1.15. The number of nitrogens with two attached hydrogens (primary N) is 1. The molecule has 0 amide bonds. The number of rotatable bonds is 6. The number of carbonyl (C=O) groups excluding carboxylic acids is 1. The minimum Gasteiger partial charge on any atom is -0.330 e. The molecule has 1 aliphatic rings. The summed E-state index contributed by atoms with van der Waals surface area (Å²) in [4.78, 5) is 11.8. The molecule has 1 aliphatic carbocycles. The van der Waals surface area contributed by atoms with Gasteiger partial charge in [0.25, 0.3) is 0 Å². The standard InChI is InChI=1S/C15H21NO/c16-11-2-1-6-15(17)14-9-7-13(8-10-14)12-4-3-5-12/h7-10,12H,1-6,11,16H2. The fourth-order valence-corrected chi connectivity index (χ4v) is 2.26. The van der Waals surface area contributed by atoms with Crippen LogP contribution in [0.1, 0.15) is 60.4 Å². The van der Waals surface area contributed by atoms with Crippen molar-refractivity contribution in [3.8, 4) is 0 Å². The third kappa shape index (κ3) is 3.16. The number of ketones is 1. The molecular formula is C15H21NO. The van der Waals surface area contributed by atoms with Crippen LogP contribution in [0.25, 0.3) is 0 Å². The zero-order valence-corrected chi connectivity index (χ0v) is 10.3. The smallest absolute Gasteiger partial charge is 0.162 e. The number of Topliss-reactive ketones (excluding diaryl/α,β-unsaturated/α-hetero) is 1. The molecule has 0 aromatic heterocycles. The summed E-state index contributed by atoms with van der Waals surface area (Å²) in [5.41, 5.74) is 7.67. The average molecular weight is 231 g/mol. The van der Waals surface area contributed by atoms with Gasteiger partial charge in [0.1, 0.15) is 0 Å². The molecule has 0 bridgehead atoms. The molecule has 1 fully saturated rings. The first-order chi connectivity index (χ1) is 8.31. The van der Waals surface area contributed by atoms with E-state index in [-0.39, 0.29) is 5.78 Å². The van der Waals surface area contributed by atoms with Gasteiger partial charge in [-0.2, -0.15) is 0 Å². The fraction of sp³-hybridized carbons (Fsp3) is 0.533. The van der Waals surface area contributed by atoms with Crippen LogP contribution in [0.2, 0.25) is 0 Å². The first kappa shape index (κ1) is 12.3. The second-order valence-corrected chi connectivity index (χ2v) is 4.92. The molecule has 17 heavy (non-hydrogen) atoms. The Labute approximate surface area is 103 Å². The summed E-state index contributed by atoms with van der Waals surface area (Å²) < 4.78 is 0. The zero-order valence-electron chi connectivity index (χ0n) is 10.3. The van der Waals surface area contributed by atoms with E-state index < -0.39 is 0 Å². The summed E-state index contributed by atoms with van der Waals surface area (Å²) in [5.74, 6) is 0.995. The van der Waals surface area contributed by atoms with Crippen molar-refractivity contribution in [3.05, 3.63) is 35.4 Å². The van der Waals surface area contributed by atoms with Crippen LogP contribution in [0.3, 0.4) is 0 Å². The van der Waals surface area contributed by atoms with Gasteiger partial charge in [0.05, 0.1) is 0 Å². The molecule has 2 nitrogen and oxygen atoms in total. The van der Waals surface area contributed by atoms with E-state index in [1.54, 1.807) is 0 Å². The SMILES string of the molecule is NCCCCC(=O)c1ccc(C2CCC2)cc1. The van der Waals surface area contributed by atoms with E-state index in [0.29, 0.717) is 13.0 Å². The van der Waals surface area contributed by atoms with Crippen molar-refractivity contribution in [3.63, 3.8) is 0 Å². The molecule has 0 unspecified atom stereocenters. The van der Waals surface area contributed by atoms with Crippen LogP contribution in [0, 0.1) is 0 Å². The van der Waals surface area contributed by atoms with Gasteiger partial charge in [0.2, 0.25) is 0 Å². The lowest BCUT2D eigenvalue weighted by molar-refractivity contribution is 0.0979. The average Bonchev–Trinajstić information content (AvgIpc) is 2.28. The number of hydrogen-bond donors (Lipinski definition) is 1. The van der Waals surface area contributed by atoms with Crippen LogP contribution in [0.5, 0.6) is 0 Å². The fourth-order valence-electron chi connectivity index (χ4n) is 2.26. The van der Waals surface area contributed by atoms with E-state index in [9.17, 15) is 4.79 Å². The molecule has 0 atom stereocenters. The number of benzene rings is 1. The van der Waals surface area contributed by atoms with Gasteiger partial charge in [0, 0.05) is 12.0 Å². The molecule has 0 spiro atoms. The maximum absolute atomic E-state index is 11.8. The lowest BCUT2D eigenvalue weighted by Gasteiger charge is -2.25. The summed E-state index contributed by atoms with van der Waals surface area (Å²) in [7, 11) is 0. The highest BCUT2D eigenvalue weighted by Crippen LogP contribution is 2.36. The number of hydrogen-bond acceptors (Lipinski definition) is 2. The predicted molar refractivity (Wildman–Crippen MR) is 70.3 cm³/mol. The summed E-state index contributed by atoms with van der Waals surface area (Å²) in [6, 6.07) is 8.22. The van der Waals surface area contributed by atoms with Gasteiger partial charge in [-0.05, 0) is 43.7 Å². The van der Waals surface area contributed by atoms with E-state index in [1.807, 2.05) is 12.1 Å². The van der Waals surface area contributed by atoms with Crippen LogP contribution in [0.4, 0.5) is 0 Å². The van der Waals surface area contributed by atoms with Crippen molar-refractivity contribution < 1.29 is 4.79 Å². The monoisotopic (exact) mass is 231 g/mol. The third-order valence-electron chi connectivity index (χ3n) is 3.67. The Morgan fingerprint density at radius 3 is 2.41 bits per heavy atom. The minimum atomic E-state index is 0.249. The van der Waals surface area contributed by atoms with Crippen molar-refractivity contribution in [1.29, 1.82) is 0 Å². The van der Waals surface area contributed by atoms with Crippen LogP contribution >= 0.6 is 0 Å². The Bertz CT molecular complexity index is 365. The van der Waals surface area contributed by atoms with E-state index in [0.717, 1.165) is 24.3 Å². The molecule has 1 aromatic rings. The molecule has 0 saturated heterocycles. The molecular weight excluding hydrogens is 210 g/mol. The highest BCUT2D eigenvalue weighted by atomic mass is 16.1. The van der Waals surface area contributed by atoms with Crippen LogP contribution in [-0.2, 0) is 0 Å². The minimum absolute atomic E-state index is 0.249. The van der Waals surface area contributed by atoms with Gasteiger partial charge in [-0.15, -0.1) is 0 Å². The predicted octanol–water partition coefficient (Wildman–Crippen LogP) is 3.27. The molecule has 2 N–H and O–H groups in total. The number of unbranched alkanes of at least 4 members (excludes halogenated alkanes) is 1. The summed E-state index contributed by atoms with van der Waals surface area (Å²) in [6.45, 7) is 0.675. The Balaban J connectivity index is 1.90. The van der Waals surface area contributed by atoms with Crippen LogP contribution in [-0.4, -0.2) is 12.3 Å². The zero-order chi connectivity index (χ0) is 12.1. The molecule has 1 saturated carbocycles. The van der Waals surface area contributed by atoms with E-state index in [4.69, 9.17) is 5.73 Å². The third-order valence-corrected chi connectivity index (χ3v) is 3.67. The Kier molecular flexibility index (Phi) is 4.32. The van der Waals surface area contributed by atoms with Gasteiger partial charge in [-0.25, -0.2) is 0 Å². The van der Waals surface area contributed by atoms with Gasteiger partial charge < -0.3 is 5.73 Å². The molecule has 2 heteroatoms. The molecule has 0 radical (unpaired) electrons. The second kappa shape index (κ2) is 5.97. The van der Waals surface area contributed by atoms with Crippen molar-refractivity contribution in [2.45, 2.75) is 44.4 Å². The Morgan fingerprint density at radius 1 is 1.18 bits per heavy atom. The van der Waals surface area contributed by atoms with Crippen LogP contribution in [0.15, 0.2) is 24.3 Å². The summed E-state index contributed by atoms with van der Waals surface area (Å²) in [6.07, 6.45) is 6.43. The molecule has 0 heterocycles. The van der Waals surface area contributed by atoms with E-state index in [1.165, 1.54) is 24.8 Å². The first-order valence-corrected chi connectivity index (χ1v) is 6.64. The second-order valence-electron chi connectivity index (χ2n) is 4.92. The number of carbonyl (C=O) groups is 1. The highest BCUT2D eigenvalue weighted by Gasteiger charge is 2.19. The van der Waals surface area contributed by atoms with Crippen molar-refractivity contribution in [1.82, 2.24) is 0 Å². The van der Waals surface area contributed by atoms with Gasteiger partial charge in [-0.1, -0.05) is 30.7 Å². The van der Waals surface area contributed by atoms with Crippen molar-refractivity contribution in [2.75, 3.05) is 6.54 Å². The van der Waals surface area contributed by atoms with E-state index in [2.05, 4.69) is 12.1 Å². The van der Waals surface area contributed by atoms with Gasteiger partial charge in [0.15, 0.2) is 5.78 Å². The molecule has 2 rings (SSSR count). The first-order valence-electron chi connectivity index (χ1n) is 6.64. The Morgan fingerprint density at radius 2 is 1.88 bits per heavy atom. The quantitative estimate of drug-likeness (QED) is 0.603. The molecule has 92 valence electrons. The van der Waals surface area contributed by atoms with Crippen molar-refractivity contribution in [2.24, 2.45) is 5.73 Å². The lowest BCUT2D eigenvalue weighted by atomic mass is 9.80. The largest absolute Gasteiger partial charge is 0.330 e. The maximum Gasteiger partial charge on any atom is 0.162 e. The van der Waals surface area contributed by atoms with Gasteiger partial charge >= 0.3 is 0 Å². The maximum atomic E-state index is 11.8. The summed E-state index contributed by atoms with van der Waals surface area (Å²) >= 11 is 0.